The van der Waals surface area contributed by atoms with Gasteiger partial charge in [0, 0.05) is 25.7 Å². The van der Waals surface area contributed by atoms with Crippen LogP contribution in [0.5, 0.6) is 0 Å². The predicted molar refractivity (Wildman–Crippen MR) is 86.3 cm³/mol. The molecule has 5 nitrogen and oxygen atoms in total. The molecule has 1 aromatic rings. The van der Waals surface area contributed by atoms with Gasteiger partial charge < -0.3 is 14.5 Å². The molecule has 3 heterocycles. The second-order valence-electron chi connectivity index (χ2n) is 7.31. The first kappa shape index (κ1) is 15.2. The Balaban J connectivity index is 1.30. The second kappa shape index (κ2) is 6.29. The van der Waals surface area contributed by atoms with Crippen molar-refractivity contribution in [3.8, 4) is 0 Å². The van der Waals surface area contributed by atoms with Gasteiger partial charge in [-0.1, -0.05) is 6.42 Å². The van der Waals surface area contributed by atoms with E-state index >= 15 is 0 Å². The highest BCUT2D eigenvalue weighted by Gasteiger charge is 2.45. The van der Waals surface area contributed by atoms with Crippen molar-refractivity contribution in [2.24, 2.45) is 0 Å². The van der Waals surface area contributed by atoms with Gasteiger partial charge in [0.05, 0.1) is 18.0 Å². The van der Waals surface area contributed by atoms with E-state index in [9.17, 15) is 4.79 Å². The number of furan rings is 1. The lowest BCUT2D eigenvalue weighted by Gasteiger charge is -2.41. The van der Waals surface area contributed by atoms with E-state index in [1.54, 1.807) is 12.1 Å². The number of nitrogens with one attached hydrogen (secondary N) is 1. The van der Waals surface area contributed by atoms with Gasteiger partial charge in [-0.2, -0.15) is 0 Å². The molecule has 1 spiro atoms. The molecule has 1 saturated carbocycles. The molecule has 0 aromatic carbocycles. The maximum absolute atomic E-state index is 12.0. The topological polar surface area (TPSA) is 54.7 Å². The monoisotopic (exact) mass is 318 g/mol. The number of carbonyl (C=O) groups excluding carboxylic acids is 1. The van der Waals surface area contributed by atoms with Gasteiger partial charge in [0.1, 0.15) is 0 Å². The molecular weight excluding hydrogens is 292 g/mol. The number of hydrogen-bond donors (Lipinski definition) is 1. The average molecular weight is 318 g/mol. The summed E-state index contributed by atoms with van der Waals surface area (Å²) in [7, 11) is 0. The van der Waals surface area contributed by atoms with Crippen LogP contribution in [0.3, 0.4) is 0 Å². The zero-order valence-electron chi connectivity index (χ0n) is 13.6. The minimum absolute atomic E-state index is 0.0356. The molecule has 2 atom stereocenters. The predicted octanol–water partition coefficient (Wildman–Crippen LogP) is 2.58. The first-order chi connectivity index (χ1) is 11.2. The van der Waals surface area contributed by atoms with Gasteiger partial charge in [-0.3, -0.25) is 9.69 Å². The van der Waals surface area contributed by atoms with E-state index in [1.807, 2.05) is 0 Å². The molecular formula is C18H26N2O3. The van der Waals surface area contributed by atoms with Crippen LogP contribution in [0.25, 0.3) is 0 Å². The SMILES string of the molecule is O=C(NC[C@H]1CCC[C@]2(CCN(C3CCC3)C2)O1)c1ccco1. The van der Waals surface area contributed by atoms with Crippen LogP contribution in [-0.2, 0) is 4.74 Å². The Labute approximate surface area is 137 Å². The fourth-order valence-electron chi connectivity index (χ4n) is 4.21. The fraction of sp³-hybridized carbons (Fsp3) is 0.722. The lowest BCUT2D eigenvalue weighted by atomic mass is 9.89. The molecule has 4 rings (SSSR count). The van der Waals surface area contributed by atoms with E-state index < -0.39 is 0 Å². The minimum Gasteiger partial charge on any atom is -0.459 e. The molecule has 0 bridgehead atoms. The van der Waals surface area contributed by atoms with Crippen LogP contribution in [0.1, 0.15) is 55.5 Å². The summed E-state index contributed by atoms with van der Waals surface area (Å²) in [4.78, 5) is 14.6. The molecule has 1 aromatic heterocycles. The largest absolute Gasteiger partial charge is 0.459 e. The minimum atomic E-state index is -0.152. The Kier molecular flexibility index (Phi) is 4.16. The van der Waals surface area contributed by atoms with Crippen LogP contribution in [0.15, 0.2) is 22.8 Å². The van der Waals surface area contributed by atoms with Gasteiger partial charge in [-0.05, 0) is 50.7 Å². The summed E-state index contributed by atoms with van der Waals surface area (Å²) >= 11 is 0. The number of carbonyl (C=O) groups is 1. The smallest absolute Gasteiger partial charge is 0.287 e. The average Bonchev–Trinajstić information content (AvgIpc) is 3.14. The molecule has 3 aliphatic rings. The Morgan fingerprint density at radius 3 is 2.96 bits per heavy atom. The summed E-state index contributed by atoms with van der Waals surface area (Å²) in [6.07, 6.45) is 10.3. The molecule has 126 valence electrons. The van der Waals surface area contributed by atoms with Crippen molar-refractivity contribution in [3.05, 3.63) is 24.2 Å². The molecule has 0 unspecified atom stereocenters. The standard InChI is InChI=1S/C18H26N2O3/c21-17(16-7-3-11-22-16)19-12-15-6-2-8-18(23-15)9-10-20(13-18)14-4-1-5-14/h3,7,11,14-15H,1-2,4-6,8-10,12-13H2,(H,19,21)/t15-,18-/m1/s1. The maximum Gasteiger partial charge on any atom is 0.287 e. The third kappa shape index (κ3) is 3.17. The second-order valence-corrected chi connectivity index (χ2v) is 7.31. The van der Waals surface area contributed by atoms with Crippen molar-refractivity contribution < 1.29 is 13.9 Å². The highest BCUT2D eigenvalue weighted by molar-refractivity contribution is 5.91. The molecule has 2 aliphatic heterocycles. The Morgan fingerprint density at radius 2 is 2.22 bits per heavy atom. The Hall–Kier alpha value is -1.33. The number of hydrogen-bond acceptors (Lipinski definition) is 4. The molecule has 0 radical (unpaired) electrons. The van der Waals surface area contributed by atoms with E-state index in [2.05, 4.69) is 10.2 Å². The number of amides is 1. The molecule has 2 saturated heterocycles. The van der Waals surface area contributed by atoms with Gasteiger partial charge in [0.2, 0.25) is 0 Å². The van der Waals surface area contributed by atoms with Crippen molar-refractivity contribution in [1.82, 2.24) is 10.2 Å². The fourth-order valence-corrected chi connectivity index (χ4v) is 4.21. The zero-order chi connectivity index (χ0) is 15.7. The van der Waals surface area contributed by atoms with Gasteiger partial charge in [0.15, 0.2) is 5.76 Å². The van der Waals surface area contributed by atoms with E-state index in [0.29, 0.717) is 12.3 Å². The lowest BCUT2D eigenvalue weighted by molar-refractivity contribution is -0.120. The summed E-state index contributed by atoms with van der Waals surface area (Å²) in [5.74, 6) is 0.216. The summed E-state index contributed by atoms with van der Waals surface area (Å²) in [5.41, 5.74) is 0.0356. The van der Waals surface area contributed by atoms with Gasteiger partial charge >= 0.3 is 0 Å². The van der Waals surface area contributed by atoms with Gasteiger partial charge in [0.25, 0.3) is 5.91 Å². The molecule has 5 heteroatoms. The van der Waals surface area contributed by atoms with Crippen LogP contribution in [-0.4, -0.2) is 48.2 Å². The molecule has 3 fully saturated rings. The van der Waals surface area contributed by atoms with Crippen molar-refractivity contribution in [3.63, 3.8) is 0 Å². The van der Waals surface area contributed by atoms with Crippen molar-refractivity contribution in [2.45, 2.75) is 62.7 Å². The number of ether oxygens (including phenoxy) is 1. The van der Waals surface area contributed by atoms with Crippen molar-refractivity contribution >= 4 is 5.91 Å². The third-order valence-electron chi connectivity index (χ3n) is 5.75. The Bertz CT molecular complexity index is 540. The molecule has 1 aliphatic carbocycles. The number of rotatable bonds is 4. The maximum atomic E-state index is 12.0. The van der Waals surface area contributed by atoms with Crippen molar-refractivity contribution in [2.75, 3.05) is 19.6 Å². The molecule has 1 N–H and O–H groups in total. The first-order valence-electron chi connectivity index (χ1n) is 8.98. The molecule has 1 amide bonds. The van der Waals surface area contributed by atoms with Gasteiger partial charge in [-0.25, -0.2) is 0 Å². The van der Waals surface area contributed by atoms with Crippen LogP contribution in [0.4, 0.5) is 0 Å². The highest BCUT2D eigenvalue weighted by Crippen LogP contribution is 2.39. The normalized spacial score (nSPS) is 32.1. The van der Waals surface area contributed by atoms with Crippen LogP contribution < -0.4 is 5.32 Å². The lowest BCUT2D eigenvalue weighted by Crippen LogP contribution is -2.48. The van der Waals surface area contributed by atoms with E-state index in [0.717, 1.165) is 25.4 Å². The van der Waals surface area contributed by atoms with E-state index in [4.69, 9.17) is 9.15 Å². The van der Waals surface area contributed by atoms with E-state index in [1.165, 1.54) is 44.9 Å². The van der Waals surface area contributed by atoms with Crippen LogP contribution in [0, 0.1) is 0 Å². The number of likely N-dealkylation sites (tertiary alicyclic amines) is 1. The first-order valence-corrected chi connectivity index (χ1v) is 8.98. The van der Waals surface area contributed by atoms with Gasteiger partial charge in [-0.15, -0.1) is 0 Å². The van der Waals surface area contributed by atoms with E-state index in [-0.39, 0.29) is 17.6 Å². The molecule has 23 heavy (non-hydrogen) atoms. The van der Waals surface area contributed by atoms with Crippen LogP contribution >= 0.6 is 0 Å². The number of nitrogens with zero attached hydrogens (tertiary/aromatic N) is 1. The summed E-state index contributed by atoms with van der Waals surface area (Å²) in [6, 6.07) is 4.22. The quantitative estimate of drug-likeness (QED) is 0.927. The summed E-state index contributed by atoms with van der Waals surface area (Å²) in [5, 5.41) is 2.95. The Morgan fingerprint density at radius 1 is 1.30 bits per heavy atom. The summed E-state index contributed by atoms with van der Waals surface area (Å²) < 4.78 is 11.6. The van der Waals surface area contributed by atoms with Crippen molar-refractivity contribution in [1.29, 1.82) is 0 Å². The highest BCUT2D eigenvalue weighted by atomic mass is 16.5. The zero-order valence-corrected chi connectivity index (χ0v) is 13.6. The summed E-state index contributed by atoms with van der Waals surface area (Å²) in [6.45, 7) is 2.83. The van der Waals surface area contributed by atoms with Crippen LogP contribution in [0.2, 0.25) is 0 Å². The third-order valence-corrected chi connectivity index (χ3v) is 5.75.